The van der Waals surface area contributed by atoms with Gasteiger partial charge in [0.2, 0.25) is 0 Å². The van der Waals surface area contributed by atoms with E-state index in [0.717, 1.165) is 45.3 Å². The van der Waals surface area contributed by atoms with Gasteiger partial charge in [0.25, 0.3) is 11.6 Å². The van der Waals surface area contributed by atoms with Crippen LogP contribution >= 0.6 is 11.8 Å². The van der Waals surface area contributed by atoms with Crippen LogP contribution in [0, 0.1) is 35.3 Å². The number of carbonyl (C=O) groups is 1. The minimum Gasteiger partial charge on any atom is -0.349 e. The van der Waals surface area contributed by atoms with Gasteiger partial charge in [-0.15, -0.1) is 0 Å². The van der Waals surface area contributed by atoms with Gasteiger partial charge in [0.1, 0.15) is 11.6 Å². The molecule has 1 fully saturated rings. The number of non-ortho nitro benzene ring substituents is 1. The number of hydrogen-bond donors (Lipinski definition) is 1. The van der Waals surface area contributed by atoms with E-state index in [9.17, 15) is 20.2 Å². The molecular weight excluding hydrogens is 436 g/mol. The lowest BCUT2D eigenvalue weighted by Crippen LogP contribution is -2.26. The van der Waals surface area contributed by atoms with Crippen molar-refractivity contribution in [1.82, 2.24) is 9.88 Å². The van der Waals surface area contributed by atoms with Crippen molar-refractivity contribution in [2.45, 2.75) is 42.5 Å². The van der Waals surface area contributed by atoms with E-state index in [-0.39, 0.29) is 23.2 Å². The maximum absolute atomic E-state index is 12.3. The Morgan fingerprint density at radius 1 is 1.15 bits per heavy atom. The first-order chi connectivity index (χ1) is 15.9. The molecule has 0 unspecified atom stereocenters. The van der Waals surface area contributed by atoms with Gasteiger partial charge in [0.05, 0.1) is 4.92 Å². The molecule has 1 N–H and O–H groups in total. The van der Waals surface area contributed by atoms with Crippen LogP contribution in [0.5, 0.6) is 0 Å². The number of hydrogen-bond acceptors (Lipinski definition) is 5. The fraction of sp³-hybridized carbons (Fsp3) is 0.200. The first-order valence-electron chi connectivity index (χ1n) is 10.5. The van der Waals surface area contributed by atoms with Gasteiger partial charge in [-0.1, -0.05) is 11.8 Å². The predicted molar refractivity (Wildman–Crippen MR) is 127 cm³/mol. The Kier molecular flexibility index (Phi) is 6.33. The van der Waals surface area contributed by atoms with Crippen LogP contribution in [0.1, 0.15) is 29.8 Å². The van der Waals surface area contributed by atoms with Gasteiger partial charge in [-0.05, 0) is 80.8 Å². The average Bonchev–Trinajstić information content (AvgIpc) is 3.57. The zero-order valence-electron chi connectivity index (χ0n) is 18.2. The minimum atomic E-state index is -0.409. The number of carbonyl (C=O) groups excluding carboxylic acids is 1. The largest absolute Gasteiger partial charge is 0.349 e. The maximum Gasteiger partial charge on any atom is 0.269 e. The van der Waals surface area contributed by atoms with E-state index in [4.69, 9.17) is 0 Å². The smallest absolute Gasteiger partial charge is 0.269 e. The lowest BCUT2D eigenvalue weighted by Gasteiger charge is -2.11. The highest BCUT2D eigenvalue weighted by Gasteiger charge is 2.25. The van der Waals surface area contributed by atoms with Gasteiger partial charge in [-0.25, -0.2) is 0 Å². The van der Waals surface area contributed by atoms with E-state index in [1.54, 1.807) is 18.2 Å². The number of aryl methyl sites for hydroxylation is 1. The standard InChI is InChI=1S/C25H22N4O3S/c1-16-13-18(14-19(15-26)25(30)27-20-3-4-20)17(2)28(16)21-5-9-23(10-6-21)33-24-11-7-22(8-12-24)29(31)32/h5-14,20H,3-4H2,1-2H3,(H,27,30)/b19-14+. The third-order valence-corrected chi connectivity index (χ3v) is 6.44. The molecule has 8 heteroatoms. The monoisotopic (exact) mass is 458 g/mol. The Bertz CT molecular complexity index is 1280. The van der Waals surface area contributed by atoms with E-state index in [2.05, 4.69) is 9.88 Å². The summed E-state index contributed by atoms with van der Waals surface area (Å²) < 4.78 is 2.08. The topological polar surface area (TPSA) is 101 Å². The van der Waals surface area contributed by atoms with Crippen molar-refractivity contribution in [1.29, 1.82) is 5.26 Å². The SMILES string of the molecule is Cc1cc(/C=C(\C#N)C(=O)NC2CC2)c(C)n1-c1ccc(Sc2ccc([N+](=O)[O-])cc2)cc1. The molecule has 0 spiro atoms. The Morgan fingerprint density at radius 3 is 2.30 bits per heavy atom. The predicted octanol–water partition coefficient (Wildman–Crippen LogP) is 5.34. The zero-order valence-corrected chi connectivity index (χ0v) is 19.1. The summed E-state index contributed by atoms with van der Waals surface area (Å²) in [4.78, 5) is 24.6. The number of nitro groups is 1. The number of nitro benzene ring substituents is 1. The van der Waals surface area contributed by atoms with Crippen LogP contribution in [-0.2, 0) is 4.79 Å². The number of aromatic nitrogens is 1. The van der Waals surface area contributed by atoms with E-state index in [0.29, 0.717) is 0 Å². The highest BCUT2D eigenvalue weighted by Crippen LogP contribution is 2.31. The van der Waals surface area contributed by atoms with E-state index in [1.165, 1.54) is 23.9 Å². The second kappa shape index (κ2) is 9.35. The molecule has 0 radical (unpaired) electrons. The van der Waals surface area contributed by atoms with Crippen molar-refractivity contribution >= 4 is 29.4 Å². The lowest BCUT2D eigenvalue weighted by atomic mass is 10.1. The Morgan fingerprint density at radius 2 is 1.76 bits per heavy atom. The van der Waals surface area contributed by atoms with Crippen molar-refractivity contribution in [3.05, 3.63) is 87.2 Å². The molecule has 0 saturated heterocycles. The van der Waals surface area contributed by atoms with Crippen molar-refractivity contribution in [2.24, 2.45) is 0 Å². The Hall–Kier alpha value is -3.83. The number of nitriles is 1. The van der Waals surface area contributed by atoms with Crippen molar-refractivity contribution in [3.63, 3.8) is 0 Å². The van der Waals surface area contributed by atoms with Gasteiger partial charge >= 0.3 is 0 Å². The Labute approximate surface area is 195 Å². The molecule has 1 heterocycles. The van der Waals surface area contributed by atoms with Crippen LogP contribution in [0.15, 0.2) is 70.0 Å². The highest BCUT2D eigenvalue weighted by atomic mass is 32.2. The summed E-state index contributed by atoms with van der Waals surface area (Å²) in [5.74, 6) is -0.322. The molecular formula is C25H22N4O3S. The molecule has 7 nitrogen and oxygen atoms in total. The Balaban J connectivity index is 1.54. The molecule has 33 heavy (non-hydrogen) atoms. The van der Waals surface area contributed by atoms with Gasteiger partial charge < -0.3 is 9.88 Å². The first-order valence-corrected chi connectivity index (χ1v) is 11.3. The van der Waals surface area contributed by atoms with E-state index < -0.39 is 4.92 Å². The third-order valence-electron chi connectivity index (χ3n) is 5.43. The molecule has 0 bridgehead atoms. The van der Waals surface area contributed by atoms with Crippen LogP contribution in [0.3, 0.4) is 0 Å². The van der Waals surface area contributed by atoms with Crippen molar-refractivity contribution in [3.8, 4) is 11.8 Å². The first kappa shape index (κ1) is 22.4. The van der Waals surface area contributed by atoms with Gasteiger partial charge in [0, 0.05) is 45.0 Å². The summed E-state index contributed by atoms with van der Waals surface area (Å²) in [6.07, 6.45) is 3.59. The summed E-state index contributed by atoms with van der Waals surface area (Å²) in [5.41, 5.74) is 3.92. The molecule has 4 rings (SSSR count). The zero-order chi connectivity index (χ0) is 23.5. The summed E-state index contributed by atoms with van der Waals surface area (Å²) in [7, 11) is 0. The van der Waals surface area contributed by atoms with Gasteiger partial charge in [-0.2, -0.15) is 5.26 Å². The molecule has 1 aliphatic rings. The normalized spacial score (nSPS) is 13.4. The minimum absolute atomic E-state index is 0.0719. The van der Waals surface area contributed by atoms with Crippen molar-refractivity contribution in [2.75, 3.05) is 0 Å². The van der Waals surface area contributed by atoms with Crippen LogP contribution in [-0.4, -0.2) is 21.4 Å². The average molecular weight is 459 g/mol. The second-order valence-corrected chi connectivity index (χ2v) is 9.07. The number of nitrogens with one attached hydrogen (secondary N) is 1. The molecule has 1 aromatic heterocycles. The summed E-state index contributed by atoms with van der Waals surface area (Å²) in [6.45, 7) is 3.95. The molecule has 3 aromatic rings. The number of rotatable bonds is 7. The van der Waals surface area contributed by atoms with E-state index >= 15 is 0 Å². The van der Waals surface area contributed by atoms with Gasteiger partial charge in [0.15, 0.2) is 0 Å². The fourth-order valence-electron chi connectivity index (χ4n) is 3.56. The van der Waals surface area contributed by atoms with E-state index in [1.807, 2.05) is 50.2 Å². The molecule has 0 atom stereocenters. The maximum atomic E-state index is 12.3. The van der Waals surface area contributed by atoms with Crippen LogP contribution < -0.4 is 5.32 Å². The summed E-state index contributed by atoms with van der Waals surface area (Å²) >= 11 is 1.53. The van der Waals surface area contributed by atoms with Crippen LogP contribution in [0.4, 0.5) is 5.69 Å². The molecule has 1 saturated carbocycles. The molecule has 1 amide bonds. The second-order valence-electron chi connectivity index (χ2n) is 7.93. The molecule has 2 aromatic carbocycles. The number of amides is 1. The summed E-state index contributed by atoms with van der Waals surface area (Å²) in [5, 5.41) is 23.1. The highest BCUT2D eigenvalue weighted by molar-refractivity contribution is 7.99. The van der Waals surface area contributed by atoms with Crippen LogP contribution in [0.2, 0.25) is 0 Å². The lowest BCUT2D eigenvalue weighted by molar-refractivity contribution is -0.384. The molecule has 1 aliphatic carbocycles. The number of benzene rings is 2. The van der Waals surface area contributed by atoms with Crippen LogP contribution in [0.25, 0.3) is 11.8 Å². The fourth-order valence-corrected chi connectivity index (χ4v) is 4.38. The molecule has 0 aliphatic heterocycles. The molecule has 166 valence electrons. The van der Waals surface area contributed by atoms with Gasteiger partial charge in [-0.3, -0.25) is 14.9 Å². The number of nitrogens with zero attached hydrogens (tertiary/aromatic N) is 3. The quantitative estimate of drug-likeness (QED) is 0.223. The summed E-state index contributed by atoms with van der Waals surface area (Å²) in [6, 6.07) is 18.7. The van der Waals surface area contributed by atoms with Crippen molar-refractivity contribution < 1.29 is 9.72 Å². The third kappa shape index (κ3) is 5.16.